The fraction of sp³-hybridized carbons (Fsp3) is 0.133. The van der Waals surface area contributed by atoms with E-state index < -0.39 is 15.9 Å². The van der Waals surface area contributed by atoms with Crippen molar-refractivity contribution in [3.63, 3.8) is 0 Å². The van der Waals surface area contributed by atoms with Gasteiger partial charge in [0.25, 0.3) is 0 Å². The lowest BCUT2D eigenvalue weighted by Crippen LogP contribution is -2.29. The van der Waals surface area contributed by atoms with Gasteiger partial charge in [-0.15, -0.1) is 0 Å². The van der Waals surface area contributed by atoms with E-state index in [9.17, 15) is 13.2 Å². The highest BCUT2D eigenvalue weighted by Gasteiger charge is 2.21. The fourth-order valence-corrected chi connectivity index (χ4v) is 3.35. The fourth-order valence-electron chi connectivity index (χ4n) is 2.01. The molecular weight excluding hydrogens is 359 g/mol. The van der Waals surface area contributed by atoms with Gasteiger partial charge in [-0.2, -0.15) is 0 Å². The highest BCUT2D eigenvalue weighted by molar-refractivity contribution is 7.92. The maximum atomic E-state index is 12.1. The molecule has 23 heavy (non-hydrogen) atoms. The Labute approximate surface area is 144 Å². The number of carbonyl (C=O) groups excluding carboxylic acids is 1. The Morgan fingerprint density at radius 3 is 2.26 bits per heavy atom. The zero-order valence-electron chi connectivity index (χ0n) is 12.2. The summed E-state index contributed by atoms with van der Waals surface area (Å²) < 4.78 is 25.4. The molecule has 2 rings (SSSR count). The maximum absolute atomic E-state index is 12.1. The van der Waals surface area contributed by atoms with E-state index in [1.54, 1.807) is 30.3 Å². The van der Waals surface area contributed by atoms with Crippen molar-refractivity contribution in [1.82, 2.24) is 0 Å². The van der Waals surface area contributed by atoms with Crippen molar-refractivity contribution in [2.24, 2.45) is 5.73 Å². The van der Waals surface area contributed by atoms with Crippen LogP contribution in [0, 0.1) is 0 Å². The summed E-state index contributed by atoms with van der Waals surface area (Å²) in [7, 11) is -3.58. The highest BCUT2D eigenvalue weighted by Crippen LogP contribution is 2.34. The van der Waals surface area contributed by atoms with Crippen LogP contribution in [0.15, 0.2) is 42.5 Å². The highest BCUT2D eigenvalue weighted by atomic mass is 35.5. The molecule has 0 aliphatic rings. The van der Waals surface area contributed by atoms with Gasteiger partial charge in [0.05, 0.1) is 28.5 Å². The van der Waals surface area contributed by atoms with Gasteiger partial charge >= 0.3 is 0 Å². The molecule has 0 fully saturated rings. The molecule has 0 unspecified atom stereocenters. The summed E-state index contributed by atoms with van der Waals surface area (Å²) in [5.41, 5.74) is 6.50. The number of nitrogens with two attached hydrogens (primary N) is 1. The Balaban J connectivity index is 2.41. The average molecular weight is 373 g/mol. The minimum atomic E-state index is -3.58. The largest absolute Gasteiger partial charge is 0.366 e. The molecule has 0 heterocycles. The summed E-state index contributed by atoms with van der Waals surface area (Å²) in [6.07, 6.45) is 1.09. The first-order valence-electron chi connectivity index (χ1n) is 6.50. The first-order chi connectivity index (χ1) is 10.7. The third kappa shape index (κ3) is 4.16. The number of hydrogen-bond acceptors (Lipinski definition) is 3. The number of hydrogen-bond donors (Lipinski definition) is 1. The number of amides is 1. The number of benzene rings is 2. The van der Waals surface area contributed by atoms with Gasteiger partial charge < -0.3 is 5.73 Å². The van der Waals surface area contributed by atoms with E-state index >= 15 is 0 Å². The van der Waals surface area contributed by atoms with Crippen LogP contribution in [0.4, 0.5) is 5.69 Å². The van der Waals surface area contributed by atoms with Gasteiger partial charge in [0.2, 0.25) is 15.9 Å². The summed E-state index contributed by atoms with van der Waals surface area (Å²) in [4.78, 5) is 11.1. The molecule has 0 atom stereocenters. The Bertz CT molecular complexity index is 836. The number of carbonyl (C=O) groups is 1. The zero-order chi connectivity index (χ0) is 17.2. The first kappa shape index (κ1) is 17.6. The molecule has 2 aromatic rings. The molecule has 8 heteroatoms. The zero-order valence-corrected chi connectivity index (χ0v) is 14.5. The van der Waals surface area contributed by atoms with Crippen LogP contribution in [-0.2, 0) is 16.6 Å². The third-order valence-corrected chi connectivity index (χ3v) is 5.10. The minimum absolute atomic E-state index is 0.0535. The third-order valence-electron chi connectivity index (χ3n) is 3.16. The molecular formula is C15H14Cl2N2O3S. The lowest BCUT2D eigenvalue weighted by Gasteiger charge is -2.24. The standard InChI is InChI=1S/C15H14Cl2N2O3S/c1-23(21,22)19(13-4-2-3-12(16)14(13)17)9-10-5-7-11(8-6-10)15(18)20/h2-8H,9H2,1H3,(H2,18,20). The van der Waals surface area contributed by atoms with Crippen LogP contribution in [0.25, 0.3) is 0 Å². The van der Waals surface area contributed by atoms with Gasteiger partial charge in [-0.25, -0.2) is 8.42 Å². The second-order valence-electron chi connectivity index (χ2n) is 4.90. The van der Waals surface area contributed by atoms with Crippen molar-refractivity contribution < 1.29 is 13.2 Å². The van der Waals surface area contributed by atoms with Crippen LogP contribution in [0.3, 0.4) is 0 Å². The lowest BCUT2D eigenvalue weighted by atomic mass is 10.1. The van der Waals surface area contributed by atoms with Crippen molar-refractivity contribution in [1.29, 1.82) is 0 Å². The van der Waals surface area contributed by atoms with Crippen LogP contribution < -0.4 is 10.0 Å². The summed E-state index contributed by atoms with van der Waals surface area (Å²) >= 11 is 12.1. The van der Waals surface area contributed by atoms with Gasteiger partial charge in [-0.3, -0.25) is 9.10 Å². The number of nitrogens with zero attached hydrogens (tertiary/aromatic N) is 1. The van der Waals surface area contributed by atoms with E-state index in [4.69, 9.17) is 28.9 Å². The van der Waals surface area contributed by atoms with Gasteiger partial charge in [0.15, 0.2) is 0 Å². The molecule has 1 amide bonds. The van der Waals surface area contributed by atoms with Gasteiger partial charge in [-0.1, -0.05) is 41.4 Å². The second kappa shape index (κ2) is 6.78. The maximum Gasteiger partial charge on any atom is 0.248 e. The summed E-state index contributed by atoms with van der Waals surface area (Å²) in [6.45, 7) is 0.0535. The van der Waals surface area contributed by atoms with E-state index in [0.29, 0.717) is 16.8 Å². The van der Waals surface area contributed by atoms with Crippen molar-refractivity contribution >= 4 is 44.8 Å². The number of sulfonamides is 1. The second-order valence-corrected chi connectivity index (χ2v) is 7.60. The quantitative estimate of drug-likeness (QED) is 0.875. The molecule has 2 N–H and O–H groups in total. The topological polar surface area (TPSA) is 80.5 Å². The van der Waals surface area contributed by atoms with Crippen LogP contribution in [0.1, 0.15) is 15.9 Å². The molecule has 0 aromatic heterocycles. The average Bonchev–Trinajstić information content (AvgIpc) is 2.47. The van der Waals surface area contributed by atoms with Crippen LogP contribution in [0.2, 0.25) is 10.0 Å². The van der Waals surface area contributed by atoms with Crippen LogP contribution in [0.5, 0.6) is 0 Å². The number of primary amides is 1. The molecule has 0 spiro atoms. The van der Waals surface area contributed by atoms with E-state index in [-0.39, 0.29) is 16.6 Å². The summed E-state index contributed by atoms with van der Waals surface area (Å²) in [5.74, 6) is -0.547. The lowest BCUT2D eigenvalue weighted by molar-refractivity contribution is 0.100. The van der Waals surface area contributed by atoms with E-state index in [2.05, 4.69) is 0 Å². The Morgan fingerprint density at radius 1 is 1.13 bits per heavy atom. The van der Waals surface area contributed by atoms with Gasteiger partial charge in [-0.05, 0) is 29.8 Å². The molecule has 0 saturated heterocycles. The van der Waals surface area contributed by atoms with E-state index in [1.165, 1.54) is 12.1 Å². The molecule has 2 aromatic carbocycles. The molecule has 122 valence electrons. The van der Waals surface area contributed by atoms with Crippen molar-refractivity contribution in [3.05, 3.63) is 63.6 Å². The Kier molecular flexibility index (Phi) is 5.19. The van der Waals surface area contributed by atoms with Crippen molar-refractivity contribution in [2.75, 3.05) is 10.6 Å². The van der Waals surface area contributed by atoms with Gasteiger partial charge in [0.1, 0.15) is 0 Å². The van der Waals surface area contributed by atoms with Crippen LogP contribution in [-0.4, -0.2) is 20.6 Å². The molecule has 0 aliphatic carbocycles. The predicted octanol–water partition coefficient (Wildman–Crippen LogP) is 3.06. The number of anilines is 1. The normalized spacial score (nSPS) is 11.3. The predicted molar refractivity (Wildman–Crippen MR) is 92.4 cm³/mol. The van der Waals surface area contributed by atoms with Gasteiger partial charge in [0, 0.05) is 5.56 Å². The monoisotopic (exact) mass is 372 g/mol. The van der Waals surface area contributed by atoms with Crippen LogP contribution >= 0.6 is 23.2 Å². The van der Waals surface area contributed by atoms with E-state index in [1.807, 2.05) is 0 Å². The first-order valence-corrected chi connectivity index (χ1v) is 9.11. The Hall–Kier alpha value is -1.76. The van der Waals surface area contributed by atoms with E-state index in [0.717, 1.165) is 10.6 Å². The SMILES string of the molecule is CS(=O)(=O)N(Cc1ccc(C(N)=O)cc1)c1cccc(Cl)c1Cl. The molecule has 5 nitrogen and oxygen atoms in total. The molecule has 0 bridgehead atoms. The molecule has 0 saturated carbocycles. The molecule has 0 radical (unpaired) electrons. The minimum Gasteiger partial charge on any atom is -0.366 e. The smallest absolute Gasteiger partial charge is 0.248 e. The summed E-state index contributed by atoms with van der Waals surface area (Å²) in [5, 5.41) is 0.426. The number of rotatable bonds is 5. The van der Waals surface area contributed by atoms with Crippen molar-refractivity contribution in [3.8, 4) is 0 Å². The van der Waals surface area contributed by atoms with Crippen molar-refractivity contribution in [2.45, 2.75) is 6.54 Å². The molecule has 0 aliphatic heterocycles. The summed E-state index contributed by atoms with van der Waals surface area (Å²) in [6, 6.07) is 11.1. The number of halogens is 2. The Morgan fingerprint density at radius 2 is 1.74 bits per heavy atom.